The third kappa shape index (κ3) is 5.01. The Bertz CT molecular complexity index is 1400. The number of ether oxygens (including phenoxy) is 2. The van der Waals surface area contributed by atoms with Crippen LogP contribution in [0.1, 0.15) is 29.6 Å². The summed E-state index contributed by atoms with van der Waals surface area (Å²) in [5.74, 6) is 1.78. The van der Waals surface area contributed by atoms with Gasteiger partial charge in [-0.25, -0.2) is 0 Å². The van der Waals surface area contributed by atoms with Gasteiger partial charge < -0.3 is 14.0 Å². The van der Waals surface area contributed by atoms with Gasteiger partial charge in [0.05, 0.1) is 38.0 Å². The SMILES string of the molecule is COc1ccc(-c2nnc(SCC(=O)c3cn(CCC#N)c4ccccc34)n2CC2CCCO2)cc1. The highest BCUT2D eigenvalue weighted by atomic mass is 32.2. The smallest absolute Gasteiger partial charge is 0.192 e. The van der Waals surface area contributed by atoms with Gasteiger partial charge in [-0.3, -0.25) is 9.36 Å². The quantitative estimate of drug-likeness (QED) is 0.223. The lowest BCUT2D eigenvalue weighted by Gasteiger charge is -2.14. The minimum Gasteiger partial charge on any atom is -0.497 e. The molecule has 1 fully saturated rings. The standard InChI is InChI=1S/C27H27N5O3S/c1-34-20-11-9-19(10-12-20)26-29-30-27(32(26)16-21-6-4-15-35-21)36-18-25(33)23-17-31(14-5-13-28)24-8-3-2-7-22(23)24/h2-3,7-12,17,21H,4-6,14-16,18H2,1H3. The van der Waals surface area contributed by atoms with Crippen LogP contribution in [0, 0.1) is 11.3 Å². The predicted molar refractivity (Wildman–Crippen MR) is 138 cm³/mol. The molecule has 3 heterocycles. The van der Waals surface area contributed by atoms with Crippen LogP contribution >= 0.6 is 11.8 Å². The van der Waals surface area contributed by atoms with Crippen molar-refractivity contribution in [1.29, 1.82) is 5.26 Å². The Morgan fingerprint density at radius 2 is 2.06 bits per heavy atom. The summed E-state index contributed by atoms with van der Waals surface area (Å²) >= 11 is 1.39. The molecule has 0 aliphatic carbocycles. The van der Waals surface area contributed by atoms with Crippen LogP contribution in [0.5, 0.6) is 5.75 Å². The third-order valence-corrected chi connectivity index (χ3v) is 7.33. The highest BCUT2D eigenvalue weighted by Gasteiger charge is 2.23. The number of fused-ring (bicyclic) bond motifs is 1. The van der Waals surface area contributed by atoms with E-state index >= 15 is 0 Å². The Hall–Kier alpha value is -3.61. The summed E-state index contributed by atoms with van der Waals surface area (Å²) in [6, 6.07) is 17.7. The molecular weight excluding hydrogens is 474 g/mol. The molecule has 0 N–H and O–H groups in total. The molecule has 1 atom stereocenters. The fraction of sp³-hybridized carbons (Fsp3) is 0.333. The zero-order valence-corrected chi connectivity index (χ0v) is 20.9. The predicted octanol–water partition coefficient (Wildman–Crippen LogP) is 4.98. The topological polar surface area (TPSA) is 95.0 Å². The van der Waals surface area contributed by atoms with Crippen molar-refractivity contribution < 1.29 is 14.3 Å². The van der Waals surface area contributed by atoms with Crippen LogP contribution in [0.3, 0.4) is 0 Å². The molecular formula is C27H27N5O3S. The minimum atomic E-state index is 0.0181. The average Bonchev–Trinajstić information content (AvgIpc) is 3.66. The first-order valence-corrected chi connectivity index (χ1v) is 13.0. The van der Waals surface area contributed by atoms with Crippen molar-refractivity contribution in [2.45, 2.75) is 43.6 Å². The molecule has 1 unspecified atom stereocenters. The van der Waals surface area contributed by atoms with Gasteiger partial charge in [-0.15, -0.1) is 10.2 Å². The lowest BCUT2D eigenvalue weighted by Crippen LogP contribution is -2.17. The van der Waals surface area contributed by atoms with Crippen molar-refractivity contribution in [1.82, 2.24) is 19.3 Å². The molecule has 1 saturated heterocycles. The maximum absolute atomic E-state index is 13.3. The van der Waals surface area contributed by atoms with Crippen molar-refractivity contribution in [3.63, 3.8) is 0 Å². The van der Waals surface area contributed by atoms with Crippen LogP contribution < -0.4 is 4.74 Å². The molecule has 1 aliphatic rings. The van der Waals surface area contributed by atoms with Gasteiger partial charge >= 0.3 is 0 Å². The normalized spacial score (nSPS) is 15.3. The molecule has 0 amide bonds. The van der Waals surface area contributed by atoms with Crippen LogP contribution in [0.4, 0.5) is 0 Å². The van der Waals surface area contributed by atoms with Gasteiger partial charge in [0.1, 0.15) is 5.75 Å². The number of Topliss-reactive ketones (excluding diaryl/α,β-unsaturated/α-hetero) is 1. The van der Waals surface area contributed by atoms with E-state index in [4.69, 9.17) is 14.7 Å². The van der Waals surface area contributed by atoms with Gasteiger partial charge in [-0.2, -0.15) is 5.26 Å². The molecule has 184 valence electrons. The van der Waals surface area contributed by atoms with E-state index in [1.807, 2.05) is 59.3 Å². The number of nitrogens with zero attached hydrogens (tertiary/aromatic N) is 5. The zero-order valence-electron chi connectivity index (χ0n) is 20.1. The number of rotatable bonds is 10. The number of carbonyl (C=O) groups excluding carboxylic acids is 1. The fourth-order valence-electron chi connectivity index (χ4n) is 4.54. The summed E-state index contributed by atoms with van der Waals surface area (Å²) < 4.78 is 15.2. The van der Waals surface area contributed by atoms with Crippen molar-refractivity contribution in [3.05, 3.63) is 60.3 Å². The second-order valence-corrected chi connectivity index (χ2v) is 9.60. The van der Waals surface area contributed by atoms with E-state index in [9.17, 15) is 4.79 Å². The van der Waals surface area contributed by atoms with E-state index in [0.29, 0.717) is 30.2 Å². The third-order valence-electron chi connectivity index (χ3n) is 6.36. The van der Waals surface area contributed by atoms with Gasteiger partial charge in [-0.1, -0.05) is 30.0 Å². The Labute approximate surface area is 213 Å². The number of carbonyl (C=O) groups is 1. The summed E-state index contributed by atoms with van der Waals surface area (Å²) in [6.45, 7) is 1.96. The van der Waals surface area contributed by atoms with Gasteiger partial charge in [0.25, 0.3) is 0 Å². The number of hydrogen-bond donors (Lipinski definition) is 0. The molecule has 9 heteroatoms. The average molecular weight is 502 g/mol. The number of benzene rings is 2. The van der Waals surface area contributed by atoms with Crippen LogP contribution in [-0.2, 0) is 17.8 Å². The maximum atomic E-state index is 13.3. The molecule has 8 nitrogen and oxygen atoms in total. The summed E-state index contributed by atoms with van der Waals surface area (Å²) in [5.41, 5.74) is 2.56. The van der Waals surface area contributed by atoms with Crippen LogP contribution in [0.2, 0.25) is 0 Å². The molecule has 0 bridgehead atoms. The summed E-state index contributed by atoms with van der Waals surface area (Å²) in [7, 11) is 1.64. The zero-order chi connectivity index (χ0) is 24.9. The Morgan fingerprint density at radius 3 is 2.81 bits per heavy atom. The molecule has 2 aromatic carbocycles. The number of hydrogen-bond acceptors (Lipinski definition) is 7. The van der Waals surface area contributed by atoms with Crippen molar-refractivity contribution in [2.24, 2.45) is 0 Å². The largest absolute Gasteiger partial charge is 0.497 e. The molecule has 1 aliphatic heterocycles. The van der Waals surface area contributed by atoms with E-state index < -0.39 is 0 Å². The molecule has 0 saturated carbocycles. The number of ketones is 1. The number of nitriles is 1. The lowest BCUT2D eigenvalue weighted by atomic mass is 10.1. The van der Waals surface area contributed by atoms with Crippen molar-refractivity contribution in [3.8, 4) is 23.2 Å². The summed E-state index contributed by atoms with van der Waals surface area (Å²) in [4.78, 5) is 13.3. The Balaban J connectivity index is 1.39. The number of aromatic nitrogens is 4. The molecule has 2 aromatic heterocycles. The van der Waals surface area contributed by atoms with E-state index in [-0.39, 0.29) is 17.6 Å². The fourth-order valence-corrected chi connectivity index (χ4v) is 5.37. The molecule has 0 radical (unpaired) electrons. The maximum Gasteiger partial charge on any atom is 0.192 e. The minimum absolute atomic E-state index is 0.0181. The first kappa shape index (κ1) is 24.1. The Morgan fingerprint density at radius 1 is 1.22 bits per heavy atom. The first-order valence-electron chi connectivity index (χ1n) is 12.0. The van der Waals surface area contributed by atoms with Crippen molar-refractivity contribution >= 4 is 28.4 Å². The van der Waals surface area contributed by atoms with Crippen molar-refractivity contribution in [2.75, 3.05) is 19.5 Å². The van der Waals surface area contributed by atoms with Crippen LogP contribution in [0.15, 0.2) is 59.9 Å². The number of para-hydroxylation sites is 1. The molecule has 4 aromatic rings. The van der Waals surface area contributed by atoms with Gasteiger partial charge in [0.15, 0.2) is 16.8 Å². The van der Waals surface area contributed by atoms with Gasteiger partial charge in [-0.05, 0) is 43.2 Å². The van der Waals surface area contributed by atoms with Gasteiger partial charge in [0, 0.05) is 41.4 Å². The molecule has 0 spiro atoms. The Kier molecular flexibility index (Phi) is 7.35. The van der Waals surface area contributed by atoms with E-state index in [1.54, 1.807) is 7.11 Å². The van der Waals surface area contributed by atoms with E-state index in [2.05, 4.69) is 20.8 Å². The number of thioether (sulfide) groups is 1. The molecule has 5 rings (SSSR count). The number of methoxy groups -OCH3 is 1. The molecule has 36 heavy (non-hydrogen) atoms. The number of aryl methyl sites for hydroxylation is 1. The van der Waals surface area contributed by atoms with E-state index in [0.717, 1.165) is 47.5 Å². The highest BCUT2D eigenvalue weighted by molar-refractivity contribution is 7.99. The van der Waals surface area contributed by atoms with E-state index in [1.165, 1.54) is 11.8 Å². The second-order valence-electron chi connectivity index (χ2n) is 8.65. The first-order chi connectivity index (χ1) is 17.7. The lowest BCUT2D eigenvalue weighted by molar-refractivity contribution is 0.0953. The monoisotopic (exact) mass is 501 g/mol. The summed E-state index contributed by atoms with van der Waals surface area (Å²) in [5, 5.41) is 19.5. The van der Waals surface area contributed by atoms with Gasteiger partial charge in [0.2, 0.25) is 0 Å². The second kappa shape index (κ2) is 11.0. The van der Waals surface area contributed by atoms with Crippen LogP contribution in [0.25, 0.3) is 22.3 Å². The highest BCUT2D eigenvalue weighted by Crippen LogP contribution is 2.29. The summed E-state index contributed by atoms with van der Waals surface area (Å²) in [6.07, 6.45) is 4.39. The van der Waals surface area contributed by atoms with Crippen LogP contribution in [-0.4, -0.2) is 50.7 Å².